The molecule has 27 heavy (non-hydrogen) atoms. The van der Waals surface area contributed by atoms with Crippen LogP contribution in [0.25, 0.3) is 11.4 Å². The van der Waals surface area contributed by atoms with E-state index in [9.17, 15) is 0 Å². The molecular weight excluding hydrogens is 346 g/mol. The molecule has 0 radical (unpaired) electrons. The first-order chi connectivity index (χ1) is 13.0. The Hall–Kier alpha value is -2.87. The lowest BCUT2D eigenvalue weighted by Gasteiger charge is -2.23. The molecule has 0 spiro atoms. The third kappa shape index (κ3) is 4.46. The van der Waals surface area contributed by atoms with Crippen LogP contribution in [0.3, 0.4) is 0 Å². The first kappa shape index (κ1) is 18.9. The second kappa shape index (κ2) is 8.22. The van der Waals surface area contributed by atoms with Crippen molar-refractivity contribution in [3.05, 3.63) is 42.0 Å². The van der Waals surface area contributed by atoms with Crippen LogP contribution in [0.1, 0.15) is 25.3 Å². The predicted octanol–water partition coefficient (Wildman–Crippen LogP) is 2.90. The minimum absolute atomic E-state index is 0.321. The molecule has 0 atom stereocenters. The van der Waals surface area contributed by atoms with E-state index in [1.54, 1.807) is 18.9 Å². The molecule has 0 N–H and O–H groups in total. The molecule has 8 nitrogen and oxygen atoms in total. The van der Waals surface area contributed by atoms with Crippen molar-refractivity contribution in [2.24, 2.45) is 7.05 Å². The lowest BCUT2D eigenvalue weighted by molar-refractivity contribution is 0.176. The Bertz CT molecular complexity index is 887. The number of benzene rings is 1. The van der Waals surface area contributed by atoms with Crippen molar-refractivity contribution in [1.29, 1.82) is 0 Å². The summed E-state index contributed by atoms with van der Waals surface area (Å²) in [6.07, 6.45) is 3.89. The van der Waals surface area contributed by atoms with Crippen molar-refractivity contribution < 1.29 is 14.0 Å². The second-order valence-electron chi connectivity index (χ2n) is 6.60. The van der Waals surface area contributed by atoms with E-state index in [1.807, 2.05) is 37.6 Å². The van der Waals surface area contributed by atoms with Gasteiger partial charge in [0.05, 0.1) is 27.0 Å². The van der Waals surface area contributed by atoms with Gasteiger partial charge in [0.1, 0.15) is 0 Å². The number of hydrogen-bond donors (Lipinski definition) is 0. The quantitative estimate of drug-likeness (QED) is 0.602. The first-order valence-electron chi connectivity index (χ1n) is 8.76. The van der Waals surface area contributed by atoms with E-state index >= 15 is 0 Å². The average Bonchev–Trinajstić information content (AvgIpc) is 3.29. The molecule has 0 saturated heterocycles. The van der Waals surface area contributed by atoms with Crippen LogP contribution in [0, 0.1) is 0 Å². The Kier molecular flexibility index (Phi) is 5.75. The summed E-state index contributed by atoms with van der Waals surface area (Å²) in [7, 11) is 5.12. The molecule has 2 heterocycles. The molecule has 3 rings (SSSR count). The lowest BCUT2D eigenvalue weighted by atomic mass is 10.2. The molecule has 0 aliphatic rings. The molecule has 1 aromatic carbocycles. The van der Waals surface area contributed by atoms with Crippen LogP contribution >= 0.6 is 0 Å². The highest BCUT2D eigenvalue weighted by atomic mass is 16.5. The van der Waals surface area contributed by atoms with Gasteiger partial charge < -0.3 is 14.0 Å². The number of rotatable bonds is 8. The Balaban J connectivity index is 1.76. The summed E-state index contributed by atoms with van der Waals surface area (Å²) in [5, 5.41) is 8.34. The van der Waals surface area contributed by atoms with E-state index in [0.29, 0.717) is 35.8 Å². The third-order valence-corrected chi connectivity index (χ3v) is 4.32. The zero-order valence-electron chi connectivity index (χ0n) is 16.3. The van der Waals surface area contributed by atoms with Crippen molar-refractivity contribution in [3.63, 3.8) is 0 Å². The van der Waals surface area contributed by atoms with Crippen molar-refractivity contribution in [2.75, 3.05) is 14.2 Å². The van der Waals surface area contributed by atoms with Gasteiger partial charge in [-0.3, -0.25) is 9.58 Å². The molecular formula is C19H25N5O3. The highest BCUT2D eigenvalue weighted by Gasteiger charge is 2.17. The number of aryl methyl sites for hydroxylation is 1. The molecule has 0 bridgehead atoms. The molecule has 0 amide bonds. The molecule has 0 saturated carbocycles. The van der Waals surface area contributed by atoms with E-state index in [2.05, 4.69) is 34.0 Å². The summed E-state index contributed by atoms with van der Waals surface area (Å²) in [5.41, 5.74) is 1.96. The molecule has 0 fully saturated rings. The molecule has 144 valence electrons. The summed E-state index contributed by atoms with van der Waals surface area (Å²) < 4.78 is 17.9. The number of hydrogen-bond acceptors (Lipinski definition) is 7. The third-order valence-electron chi connectivity index (χ3n) is 4.32. The van der Waals surface area contributed by atoms with Crippen LogP contribution < -0.4 is 9.47 Å². The Labute approximate surface area is 158 Å². The van der Waals surface area contributed by atoms with Crippen molar-refractivity contribution in [1.82, 2.24) is 24.8 Å². The summed E-state index contributed by atoms with van der Waals surface area (Å²) in [4.78, 5) is 6.80. The molecule has 8 heteroatoms. The van der Waals surface area contributed by atoms with E-state index in [1.165, 1.54) is 0 Å². The van der Waals surface area contributed by atoms with Gasteiger partial charge >= 0.3 is 0 Å². The fourth-order valence-corrected chi connectivity index (χ4v) is 2.79. The van der Waals surface area contributed by atoms with E-state index in [-0.39, 0.29) is 0 Å². The Morgan fingerprint density at radius 2 is 1.93 bits per heavy atom. The van der Waals surface area contributed by atoms with Crippen molar-refractivity contribution in [2.45, 2.75) is 33.0 Å². The highest BCUT2D eigenvalue weighted by molar-refractivity contribution is 5.60. The topological polar surface area (TPSA) is 78.4 Å². The Morgan fingerprint density at radius 1 is 1.15 bits per heavy atom. The number of ether oxygens (including phenoxy) is 2. The second-order valence-corrected chi connectivity index (χ2v) is 6.60. The van der Waals surface area contributed by atoms with E-state index in [4.69, 9.17) is 14.0 Å². The van der Waals surface area contributed by atoms with Crippen LogP contribution in [-0.2, 0) is 20.1 Å². The Morgan fingerprint density at radius 3 is 2.56 bits per heavy atom. The van der Waals surface area contributed by atoms with Crippen molar-refractivity contribution in [3.8, 4) is 22.9 Å². The molecule has 2 aromatic heterocycles. The zero-order valence-corrected chi connectivity index (χ0v) is 16.3. The molecule has 0 aliphatic carbocycles. The predicted molar refractivity (Wildman–Crippen MR) is 100 cm³/mol. The number of aromatic nitrogens is 4. The van der Waals surface area contributed by atoms with Crippen LogP contribution in [0.4, 0.5) is 0 Å². The molecule has 0 aliphatic heterocycles. The maximum absolute atomic E-state index is 5.48. The summed E-state index contributed by atoms with van der Waals surface area (Å²) >= 11 is 0. The maximum Gasteiger partial charge on any atom is 0.241 e. The fourth-order valence-electron chi connectivity index (χ4n) is 2.79. The van der Waals surface area contributed by atoms with Crippen LogP contribution in [-0.4, -0.2) is 45.1 Å². The van der Waals surface area contributed by atoms with Gasteiger partial charge in [0.2, 0.25) is 11.7 Å². The van der Waals surface area contributed by atoms with Crippen molar-refractivity contribution >= 4 is 0 Å². The smallest absolute Gasteiger partial charge is 0.241 e. The molecule has 3 aromatic rings. The summed E-state index contributed by atoms with van der Waals surface area (Å²) in [5.74, 6) is 2.38. The first-order valence-corrected chi connectivity index (χ1v) is 8.76. The summed E-state index contributed by atoms with van der Waals surface area (Å²) in [6.45, 7) is 5.61. The molecule has 0 unspecified atom stereocenters. The van der Waals surface area contributed by atoms with E-state index < -0.39 is 0 Å². The zero-order chi connectivity index (χ0) is 19.4. The summed E-state index contributed by atoms with van der Waals surface area (Å²) in [6, 6.07) is 5.86. The van der Waals surface area contributed by atoms with E-state index in [0.717, 1.165) is 17.7 Å². The van der Waals surface area contributed by atoms with Gasteiger partial charge in [-0.05, 0) is 32.0 Å². The normalized spacial score (nSPS) is 11.4. The average molecular weight is 371 g/mol. The van der Waals surface area contributed by atoms with Gasteiger partial charge in [0.15, 0.2) is 11.5 Å². The van der Waals surface area contributed by atoms with Crippen LogP contribution in [0.2, 0.25) is 0 Å². The monoisotopic (exact) mass is 371 g/mol. The minimum atomic E-state index is 0.321. The van der Waals surface area contributed by atoms with Gasteiger partial charge in [-0.1, -0.05) is 5.16 Å². The minimum Gasteiger partial charge on any atom is -0.493 e. The number of methoxy groups -OCH3 is 2. The highest BCUT2D eigenvalue weighted by Crippen LogP contribution is 2.31. The van der Waals surface area contributed by atoms with Gasteiger partial charge in [0.25, 0.3) is 0 Å². The van der Waals surface area contributed by atoms with Gasteiger partial charge in [-0.15, -0.1) is 0 Å². The number of nitrogens with zero attached hydrogens (tertiary/aromatic N) is 5. The van der Waals surface area contributed by atoms with Crippen LogP contribution in [0.15, 0.2) is 35.1 Å². The van der Waals surface area contributed by atoms with Crippen LogP contribution in [0.5, 0.6) is 11.5 Å². The maximum atomic E-state index is 5.48. The van der Waals surface area contributed by atoms with Gasteiger partial charge in [-0.25, -0.2) is 0 Å². The largest absolute Gasteiger partial charge is 0.493 e. The SMILES string of the molecule is COc1ccc(-c2noc(CN(Cc3cnn(C)c3)C(C)C)n2)cc1OC. The van der Waals surface area contributed by atoms with Gasteiger partial charge in [0, 0.05) is 37.0 Å². The standard InChI is InChI=1S/C19H25N5O3/c1-13(2)24(11-14-9-20-23(3)10-14)12-18-21-19(22-27-18)15-6-7-16(25-4)17(8-15)26-5/h6-10,13H,11-12H2,1-5H3. The fraction of sp³-hybridized carbons (Fsp3) is 0.421. The lowest BCUT2D eigenvalue weighted by Crippen LogP contribution is -2.29. The van der Waals surface area contributed by atoms with Gasteiger partial charge in [-0.2, -0.15) is 10.1 Å².